The zero-order valence-electron chi connectivity index (χ0n) is 10.2. The minimum Gasteiger partial charge on any atom is -0.480 e. The fourth-order valence-electron chi connectivity index (χ4n) is 1.60. The molecule has 1 rings (SSSR count). The molecular weight excluding hydrogens is 256 g/mol. The van der Waals surface area contributed by atoms with Gasteiger partial charge in [-0.15, -0.1) is 0 Å². The van der Waals surface area contributed by atoms with Crippen LogP contribution in [0.4, 0.5) is 0 Å². The molecule has 0 aromatic heterocycles. The Morgan fingerprint density at radius 3 is 2.42 bits per heavy atom. The first-order valence-electron chi connectivity index (χ1n) is 5.67. The molecule has 9 heteroatoms. The van der Waals surface area contributed by atoms with E-state index in [0.717, 1.165) is 0 Å². The van der Waals surface area contributed by atoms with Crippen LogP contribution < -0.4 is 16.4 Å². The van der Waals surface area contributed by atoms with Crippen LogP contribution in [0.15, 0.2) is 0 Å². The maximum absolute atomic E-state index is 11.5. The number of carbonyl (C=O) groups excluding carboxylic acids is 3. The van der Waals surface area contributed by atoms with Gasteiger partial charge in [0.05, 0.1) is 13.1 Å². The molecule has 0 aromatic rings. The highest BCUT2D eigenvalue weighted by Crippen LogP contribution is 2.07. The van der Waals surface area contributed by atoms with Crippen molar-refractivity contribution in [3.63, 3.8) is 0 Å². The van der Waals surface area contributed by atoms with Crippen LogP contribution in [0.25, 0.3) is 0 Å². The molecule has 1 unspecified atom stereocenters. The standard InChI is InChI=1S/C10H16N4O5/c11-6-1-9(17)14(4-6)5-8(16)12-2-7(15)13-3-10(18)19/h6H,1-5,11H2,(H,12,16)(H,13,15)(H,18,19). The molecule has 5 N–H and O–H groups in total. The SMILES string of the molecule is NC1CC(=O)N(CC(=O)NCC(=O)NCC(=O)O)C1. The van der Waals surface area contributed by atoms with Gasteiger partial charge in [-0.25, -0.2) is 0 Å². The van der Waals surface area contributed by atoms with Gasteiger partial charge < -0.3 is 26.4 Å². The number of nitrogens with zero attached hydrogens (tertiary/aromatic N) is 1. The van der Waals surface area contributed by atoms with E-state index in [-0.39, 0.29) is 31.5 Å². The zero-order valence-corrected chi connectivity index (χ0v) is 10.2. The zero-order chi connectivity index (χ0) is 14.4. The molecule has 1 saturated heterocycles. The van der Waals surface area contributed by atoms with Crippen LogP contribution in [-0.2, 0) is 19.2 Å². The predicted octanol–water partition coefficient (Wildman–Crippen LogP) is -3.14. The lowest BCUT2D eigenvalue weighted by molar-refractivity contribution is -0.138. The van der Waals surface area contributed by atoms with E-state index in [1.54, 1.807) is 0 Å². The third-order valence-corrected chi connectivity index (χ3v) is 2.46. The number of hydrogen-bond acceptors (Lipinski definition) is 5. The Kier molecular flexibility index (Phi) is 5.24. The number of carbonyl (C=O) groups is 4. The van der Waals surface area contributed by atoms with Crippen molar-refractivity contribution in [2.45, 2.75) is 12.5 Å². The van der Waals surface area contributed by atoms with Crippen LogP contribution in [-0.4, -0.2) is 65.9 Å². The Balaban J connectivity index is 2.23. The minimum absolute atomic E-state index is 0.154. The number of carboxylic acids is 1. The molecule has 1 aliphatic rings. The molecule has 1 fully saturated rings. The number of nitrogens with one attached hydrogen (secondary N) is 2. The molecule has 0 bridgehead atoms. The van der Waals surface area contributed by atoms with Crippen molar-refractivity contribution in [3.8, 4) is 0 Å². The van der Waals surface area contributed by atoms with Gasteiger partial charge in [-0.3, -0.25) is 19.2 Å². The van der Waals surface area contributed by atoms with Gasteiger partial charge >= 0.3 is 5.97 Å². The Bertz CT molecular complexity index is 397. The quantitative estimate of drug-likeness (QED) is 0.402. The third-order valence-electron chi connectivity index (χ3n) is 2.46. The maximum atomic E-state index is 11.5. The van der Waals surface area contributed by atoms with Gasteiger partial charge in [0.2, 0.25) is 17.7 Å². The molecule has 0 radical (unpaired) electrons. The summed E-state index contributed by atoms with van der Waals surface area (Å²) < 4.78 is 0. The third kappa shape index (κ3) is 5.34. The van der Waals surface area contributed by atoms with Gasteiger partial charge in [0.1, 0.15) is 6.54 Å². The highest BCUT2D eigenvalue weighted by atomic mass is 16.4. The summed E-state index contributed by atoms with van der Waals surface area (Å²) in [5.74, 6) is -2.47. The van der Waals surface area contributed by atoms with Crippen molar-refractivity contribution in [2.75, 3.05) is 26.2 Å². The average molecular weight is 272 g/mol. The van der Waals surface area contributed by atoms with E-state index >= 15 is 0 Å². The second kappa shape index (κ2) is 6.69. The Morgan fingerprint density at radius 1 is 1.26 bits per heavy atom. The van der Waals surface area contributed by atoms with Crippen LogP contribution in [0.3, 0.4) is 0 Å². The topological polar surface area (TPSA) is 142 Å². The van der Waals surface area contributed by atoms with Gasteiger partial charge in [0, 0.05) is 19.0 Å². The summed E-state index contributed by atoms with van der Waals surface area (Å²) in [5, 5.41) is 12.7. The normalized spacial score (nSPS) is 18.3. The minimum atomic E-state index is -1.17. The van der Waals surface area contributed by atoms with Crippen molar-refractivity contribution in [3.05, 3.63) is 0 Å². The lowest BCUT2D eigenvalue weighted by Crippen LogP contribution is -2.43. The summed E-state index contributed by atoms with van der Waals surface area (Å²) in [6.45, 7) is -0.676. The summed E-state index contributed by atoms with van der Waals surface area (Å²) in [4.78, 5) is 45.4. The predicted molar refractivity (Wildman–Crippen MR) is 62.8 cm³/mol. The van der Waals surface area contributed by atoms with Gasteiger partial charge in [-0.1, -0.05) is 0 Å². The molecule has 1 heterocycles. The summed E-state index contributed by atoms with van der Waals surface area (Å²) in [7, 11) is 0. The van der Waals surface area contributed by atoms with Crippen molar-refractivity contribution in [2.24, 2.45) is 5.73 Å². The Hall–Kier alpha value is -2.16. The molecule has 0 aliphatic carbocycles. The van der Waals surface area contributed by atoms with Crippen LogP contribution in [0, 0.1) is 0 Å². The van der Waals surface area contributed by atoms with Crippen molar-refractivity contribution in [1.29, 1.82) is 0 Å². The first-order chi connectivity index (χ1) is 8.88. The molecule has 106 valence electrons. The molecule has 9 nitrogen and oxygen atoms in total. The molecule has 3 amide bonds. The molecule has 0 spiro atoms. The number of nitrogens with two attached hydrogens (primary N) is 1. The highest BCUT2D eigenvalue weighted by Gasteiger charge is 2.28. The summed E-state index contributed by atoms with van der Waals surface area (Å²) in [6, 6.07) is -0.265. The lowest BCUT2D eigenvalue weighted by Gasteiger charge is -2.15. The van der Waals surface area contributed by atoms with Gasteiger partial charge in [-0.05, 0) is 0 Å². The van der Waals surface area contributed by atoms with Gasteiger partial charge in [-0.2, -0.15) is 0 Å². The number of rotatable bonds is 6. The largest absolute Gasteiger partial charge is 0.480 e. The van der Waals surface area contributed by atoms with Crippen LogP contribution >= 0.6 is 0 Å². The van der Waals surface area contributed by atoms with Crippen molar-refractivity contribution in [1.82, 2.24) is 15.5 Å². The summed E-state index contributed by atoms with van der Waals surface area (Å²) >= 11 is 0. The van der Waals surface area contributed by atoms with Gasteiger partial charge in [0.25, 0.3) is 0 Å². The Morgan fingerprint density at radius 2 is 1.89 bits per heavy atom. The van der Waals surface area contributed by atoms with Crippen LogP contribution in [0.2, 0.25) is 0 Å². The van der Waals surface area contributed by atoms with E-state index in [2.05, 4.69) is 10.6 Å². The highest BCUT2D eigenvalue weighted by molar-refractivity contribution is 5.89. The van der Waals surface area contributed by atoms with E-state index in [1.165, 1.54) is 4.90 Å². The average Bonchev–Trinajstić information content (AvgIpc) is 2.62. The number of likely N-dealkylation sites (tertiary alicyclic amines) is 1. The van der Waals surface area contributed by atoms with E-state index < -0.39 is 24.3 Å². The molecule has 0 saturated carbocycles. The number of aliphatic carboxylic acids is 1. The van der Waals surface area contributed by atoms with Crippen molar-refractivity contribution < 1.29 is 24.3 Å². The number of amides is 3. The summed E-state index contributed by atoms with van der Waals surface area (Å²) in [6.07, 6.45) is 0.215. The first-order valence-corrected chi connectivity index (χ1v) is 5.67. The van der Waals surface area contributed by atoms with E-state index in [4.69, 9.17) is 10.8 Å². The molecular formula is C10H16N4O5. The van der Waals surface area contributed by atoms with Gasteiger partial charge in [0.15, 0.2) is 0 Å². The van der Waals surface area contributed by atoms with Crippen LogP contribution in [0.1, 0.15) is 6.42 Å². The smallest absolute Gasteiger partial charge is 0.322 e. The maximum Gasteiger partial charge on any atom is 0.322 e. The fraction of sp³-hybridized carbons (Fsp3) is 0.600. The number of carboxylic acid groups (broad SMARTS) is 1. The molecule has 1 atom stereocenters. The second-order valence-corrected chi connectivity index (χ2v) is 4.19. The Labute approximate surface area is 109 Å². The molecule has 1 aliphatic heterocycles. The lowest BCUT2D eigenvalue weighted by atomic mass is 10.3. The molecule has 19 heavy (non-hydrogen) atoms. The summed E-state index contributed by atoms with van der Waals surface area (Å²) in [5.41, 5.74) is 5.57. The number of hydrogen-bond donors (Lipinski definition) is 4. The van der Waals surface area contributed by atoms with E-state index in [1.807, 2.05) is 0 Å². The van der Waals surface area contributed by atoms with E-state index in [9.17, 15) is 19.2 Å². The van der Waals surface area contributed by atoms with Crippen LogP contribution in [0.5, 0.6) is 0 Å². The first kappa shape index (κ1) is 14.9. The van der Waals surface area contributed by atoms with Crippen molar-refractivity contribution >= 4 is 23.7 Å². The molecule has 0 aromatic carbocycles. The fourth-order valence-corrected chi connectivity index (χ4v) is 1.60. The monoisotopic (exact) mass is 272 g/mol. The van der Waals surface area contributed by atoms with E-state index in [0.29, 0.717) is 6.54 Å². The second-order valence-electron chi connectivity index (χ2n) is 4.19.